The van der Waals surface area contributed by atoms with E-state index in [1.165, 1.54) is 9.87 Å². The molecule has 7 heteroatoms. The first kappa shape index (κ1) is 23.2. The van der Waals surface area contributed by atoms with Crippen LogP contribution in [-0.4, -0.2) is 32.7 Å². The van der Waals surface area contributed by atoms with Crippen molar-refractivity contribution in [1.29, 1.82) is 0 Å². The van der Waals surface area contributed by atoms with Crippen LogP contribution in [0, 0.1) is 6.92 Å². The topological polar surface area (TPSA) is 66.5 Å². The van der Waals surface area contributed by atoms with Gasteiger partial charge in [0.2, 0.25) is 15.9 Å². The fourth-order valence-electron chi connectivity index (χ4n) is 3.29. The molecule has 2 atom stereocenters. The molecule has 5 nitrogen and oxygen atoms in total. The largest absolute Gasteiger partial charge is 0.352 e. The number of anilines is 1. The molecule has 158 valence electrons. The number of hydrogen-bond acceptors (Lipinski definition) is 3. The van der Waals surface area contributed by atoms with Crippen molar-refractivity contribution in [3.63, 3.8) is 0 Å². The summed E-state index contributed by atoms with van der Waals surface area (Å²) >= 11 is 6.10. The summed E-state index contributed by atoms with van der Waals surface area (Å²) in [6, 6.07) is 14.2. The molecule has 0 aliphatic carbocycles. The lowest BCUT2D eigenvalue weighted by Crippen LogP contribution is -2.51. The average molecular weight is 437 g/mol. The van der Waals surface area contributed by atoms with Gasteiger partial charge in [-0.15, -0.1) is 0 Å². The second-order valence-electron chi connectivity index (χ2n) is 7.35. The van der Waals surface area contributed by atoms with Crippen LogP contribution in [0.1, 0.15) is 37.8 Å². The number of aryl methyl sites for hydroxylation is 2. The molecule has 2 aromatic carbocycles. The van der Waals surface area contributed by atoms with Gasteiger partial charge in [0.05, 0.1) is 11.9 Å². The summed E-state index contributed by atoms with van der Waals surface area (Å²) in [5.41, 5.74) is 2.37. The van der Waals surface area contributed by atoms with Gasteiger partial charge in [-0.25, -0.2) is 8.42 Å². The molecule has 0 saturated heterocycles. The number of nitrogens with zero attached hydrogens (tertiary/aromatic N) is 1. The van der Waals surface area contributed by atoms with E-state index < -0.39 is 16.1 Å². The number of carbonyl (C=O) groups is 1. The third kappa shape index (κ3) is 6.47. The van der Waals surface area contributed by atoms with Gasteiger partial charge in [0.25, 0.3) is 0 Å². The van der Waals surface area contributed by atoms with E-state index in [1.807, 2.05) is 25.1 Å². The van der Waals surface area contributed by atoms with Gasteiger partial charge < -0.3 is 5.32 Å². The van der Waals surface area contributed by atoms with Gasteiger partial charge in [0.15, 0.2) is 0 Å². The van der Waals surface area contributed by atoms with Crippen LogP contribution in [-0.2, 0) is 21.2 Å². The molecule has 0 aliphatic rings. The molecular formula is C22H29ClN2O3S. The summed E-state index contributed by atoms with van der Waals surface area (Å²) < 4.78 is 26.4. The Morgan fingerprint density at radius 2 is 1.83 bits per heavy atom. The quantitative estimate of drug-likeness (QED) is 0.636. The van der Waals surface area contributed by atoms with Gasteiger partial charge in [-0.05, 0) is 56.4 Å². The molecular weight excluding hydrogens is 408 g/mol. The van der Waals surface area contributed by atoms with Crippen molar-refractivity contribution in [1.82, 2.24) is 5.32 Å². The molecule has 1 amide bonds. The normalized spacial score (nSPS) is 13.6. The van der Waals surface area contributed by atoms with Crippen molar-refractivity contribution in [2.45, 2.75) is 52.1 Å². The maximum absolute atomic E-state index is 13.0. The summed E-state index contributed by atoms with van der Waals surface area (Å²) in [5.74, 6) is -0.308. The van der Waals surface area contributed by atoms with Gasteiger partial charge >= 0.3 is 0 Å². The van der Waals surface area contributed by atoms with Crippen LogP contribution in [0.25, 0.3) is 0 Å². The van der Waals surface area contributed by atoms with Crippen LogP contribution in [0.3, 0.4) is 0 Å². The first-order valence-corrected chi connectivity index (χ1v) is 12.0. The maximum atomic E-state index is 13.0. The summed E-state index contributed by atoms with van der Waals surface area (Å²) in [4.78, 5) is 13.0. The number of benzene rings is 2. The molecule has 0 aromatic heterocycles. The molecule has 0 heterocycles. The highest BCUT2D eigenvalue weighted by molar-refractivity contribution is 7.92. The number of halogens is 1. The molecule has 29 heavy (non-hydrogen) atoms. The number of nitrogens with one attached hydrogen (secondary N) is 1. The third-order valence-electron chi connectivity index (χ3n) is 4.84. The van der Waals surface area contributed by atoms with Crippen molar-refractivity contribution >= 4 is 33.2 Å². The first-order chi connectivity index (χ1) is 13.6. The van der Waals surface area contributed by atoms with Gasteiger partial charge in [-0.2, -0.15) is 0 Å². The summed E-state index contributed by atoms with van der Waals surface area (Å²) in [6.45, 7) is 5.54. The second-order valence-corrected chi connectivity index (χ2v) is 9.64. The van der Waals surface area contributed by atoms with Crippen molar-refractivity contribution in [3.8, 4) is 0 Å². The van der Waals surface area contributed by atoms with E-state index in [0.717, 1.165) is 24.7 Å². The molecule has 0 radical (unpaired) electrons. The highest BCUT2D eigenvalue weighted by atomic mass is 35.5. The number of sulfonamides is 1. The van der Waals surface area contributed by atoms with Gasteiger partial charge in [-0.3, -0.25) is 9.10 Å². The smallest absolute Gasteiger partial charge is 0.244 e. The zero-order valence-electron chi connectivity index (χ0n) is 17.4. The zero-order valence-corrected chi connectivity index (χ0v) is 18.9. The zero-order chi connectivity index (χ0) is 21.6. The molecule has 0 aliphatic heterocycles. The second kappa shape index (κ2) is 10.1. The van der Waals surface area contributed by atoms with Gasteiger partial charge in [-0.1, -0.05) is 54.9 Å². The fraction of sp³-hybridized carbons (Fsp3) is 0.409. The maximum Gasteiger partial charge on any atom is 0.244 e. The molecule has 0 bridgehead atoms. The summed E-state index contributed by atoms with van der Waals surface area (Å²) in [5, 5.41) is 3.40. The first-order valence-electron chi connectivity index (χ1n) is 9.73. The number of amides is 1. The minimum atomic E-state index is -3.69. The molecule has 0 unspecified atom stereocenters. The van der Waals surface area contributed by atoms with Crippen molar-refractivity contribution in [3.05, 3.63) is 64.7 Å². The van der Waals surface area contributed by atoms with Crippen molar-refractivity contribution < 1.29 is 13.2 Å². The Labute approximate surface area is 179 Å². The Balaban J connectivity index is 2.19. The number of carbonyl (C=O) groups excluding carboxylic acids is 1. The van der Waals surface area contributed by atoms with E-state index in [1.54, 1.807) is 32.0 Å². The van der Waals surface area contributed by atoms with E-state index in [2.05, 4.69) is 17.4 Å². The standard InChI is InChI=1S/C22H29ClN2O3S/c1-5-20(22(26)24-17(3)12-13-18-9-7-6-8-10-18)25(29(4,27)28)21-15-19(23)14-11-16(21)2/h6-11,14-15,17,20H,5,12-13H2,1-4H3,(H,24,26)/t17-,20+/m1/s1. The molecule has 1 N–H and O–H groups in total. The Morgan fingerprint density at radius 1 is 1.17 bits per heavy atom. The molecule has 0 spiro atoms. The fourth-order valence-corrected chi connectivity index (χ4v) is 4.72. The molecule has 2 rings (SSSR count). The Kier molecular flexibility index (Phi) is 8.11. The van der Waals surface area contributed by atoms with E-state index in [0.29, 0.717) is 17.1 Å². The monoisotopic (exact) mass is 436 g/mol. The SMILES string of the molecule is CC[C@@H](C(=O)N[C@H](C)CCc1ccccc1)N(c1cc(Cl)ccc1C)S(C)(=O)=O. The molecule has 0 saturated carbocycles. The predicted molar refractivity (Wildman–Crippen MR) is 120 cm³/mol. The minimum absolute atomic E-state index is 0.0846. The van der Waals surface area contributed by atoms with E-state index >= 15 is 0 Å². The van der Waals surface area contributed by atoms with Crippen LogP contribution in [0.2, 0.25) is 5.02 Å². The predicted octanol–water partition coefficient (Wildman–Crippen LogP) is 4.33. The number of rotatable bonds is 9. The minimum Gasteiger partial charge on any atom is -0.352 e. The van der Waals surface area contributed by atoms with Crippen molar-refractivity contribution in [2.75, 3.05) is 10.6 Å². The number of hydrogen-bond donors (Lipinski definition) is 1. The van der Waals surface area contributed by atoms with Gasteiger partial charge in [0.1, 0.15) is 6.04 Å². The summed E-state index contributed by atoms with van der Waals surface area (Å²) in [7, 11) is -3.69. The highest BCUT2D eigenvalue weighted by Gasteiger charge is 2.33. The Morgan fingerprint density at radius 3 is 2.41 bits per heavy atom. The van der Waals surface area contributed by atoms with Gasteiger partial charge in [0, 0.05) is 11.1 Å². The molecule has 0 fully saturated rings. The lowest BCUT2D eigenvalue weighted by atomic mass is 10.1. The molecule has 2 aromatic rings. The van der Waals surface area contributed by atoms with E-state index in [9.17, 15) is 13.2 Å². The van der Waals surface area contributed by atoms with Crippen LogP contribution in [0.15, 0.2) is 48.5 Å². The summed E-state index contributed by atoms with van der Waals surface area (Å²) in [6.07, 6.45) is 3.06. The Hall–Kier alpha value is -2.05. The Bertz CT molecular complexity index is 932. The lowest BCUT2D eigenvalue weighted by molar-refractivity contribution is -0.122. The van der Waals surface area contributed by atoms with E-state index in [-0.39, 0.29) is 11.9 Å². The average Bonchev–Trinajstić information content (AvgIpc) is 2.66. The van der Waals surface area contributed by atoms with Crippen LogP contribution >= 0.6 is 11.6 Å². The van der Waals surface area contributed by atoms with Crippen LogP contribution < -0.4 is 9.62 Å². The third-order valence-corrected chi connectivity index (χ3v) is 6.24. The van der Waals surface area contributed by atoms with Crippen molar-refractivity contribution in [2.24, 2.45) is 0 Å². The highest BCUT2D eigenvalue weighted by Crippen LogP contribution is 2.29. The van der Waals surface area contributed by atoms with Crippen LogP contribution in [0.5, 0.6) is 0 Å². The van der Waals surface area contributed by atoms with Crippen LogP contribution in [0.4, 0.5) is 5.69 Å². The van der Waals surface area contributed by atoms with E-state index in [4.69, 9.17) is 11.6 Å². The lowest BCUT2D eigenvalue weighted by Gasteiger charge is -2.32.